The van der Waals surface area contributed by atoms with Crippen molar-refractivity contribution in [3.05, 3.63) is 66.4 Å². The average Bonchev–Trinajstić information content (AvgIpc) is 3.10. The quantitative estimate of drug-likeness (QED) is 0.499. The number of carbonyl (C=O) groups is 2. The average molecular weight is 365 g/mol. The zero-order chi connectivity index (χ0) is 19.2. The van der Waals surface area contributed by atoms with E-state index in [4.69, 9.17) is 5.21 Å². The number of benzene rings is 2. The number of para-hydroxylation sites is 1. The van der Waals surface area contributed by atoms with Crippen LogP contribution in [0.5, 0.6) is 0 Å². The highest BCUT2D eigenvalue weighted by Crippen LogP contribution is 2.22. The van der Waals surface area contributed by atoms with Crippen LogP contribution in [0.3, 0.4) is 0 Å². The first kappa shape index (κ1) is 18.7. The van der Waals surface area contributed by atoms with Gasteiger partial charge in [0.25, 0.3) is 0 Å². The minimum atomic E-state index is -0.468. The summed E-state index contributed by atoms with van der Waals surface area (Å²) in [6.07, 6.45) is 2.81. The van der Waals surface area contributed by atoms with Gasteiger partial charge in [-0.05, 0) is 36.2 Å². The SMILES string of the molecule is CCCN(C(=O)Cn1ccc2c(CC(=O)NO)cccc21)c1ccccc1. The van der Waals surface area contributed by atoms with Crippen LogP contribution in [0.4, 0.5) is 5.69 Å². The molecule has 0 saturated heterocycles. The standard InChI is InChI=1S/C21H23N3O3/c1-2-12-24(17-8-4-3-5-9-17)21(26)15-23-13-11-18-16(14-20(25)22-27)7-6-10-19(18)23/h3-11,13,27H,2,12,14-15H2,1H3,(H,22,25). The van der Waals surface area contributed by atoms with Crippen LogP contribution >= 0.6 is 0 Å². The Hall–Kier alpha value is -3.12. The summed E-state index contributed by atoms with van der Waals surface area (Å²) in [6, 6.07) is 17.2. The van der Waals surface area contributed by atoms with Crippen LogP contribution in [-0.4, -0.2) is 28.1 Å². The molecule has 0 radical (unpaired) electrons. The lowest BCUT2D eigenvalue weighted by molar-refractivity contribution is -0.128. The van der Waals surface area contributed by atoms with E-state index in [-0.39, 0.29) is 18.9 Å². The van der Waals surface area contributed by atoms with E-state index in [1.54, 1.807) is 10.4 Å². The van der Waals surface area contributed by atoms with Crippen LogP contribution in [0.1, 0.15) is 18.9 Å². The van der Waals surface area contributed by atoms with E-state index in [0.29, 0.717) is 6.54 Å². The Morgan fingerprint density at radius 1 is 1.07 bits per heavy atom. The third kappa shape index (κ3) is 4.17. The Morgan fingerprint density at radius 2 is 1.85 bits per heavy atom. The topological polar surface area (TPSA) is 74.6 Å². The molecule has 0 bridgehead atoms. The minimum Gasteiger partial charge on any atom is -0.338 e. The van der Waals surface area contributed by atoms with E-state index in [9.17, 15) is 9.59 Å². The van der Waals surface area contributed by atoms with Gasteiger partial charge < -0.3 is 9.47 Å². The van der Waals surface area contributed by atoms with Gasteiger partial charge in [0.15, 0.2) is 0 Å². The Kier molecular flexibility index (Phi) is 5.88. The van der Waals surface area contributed by atoms with Crippen LogP contribution in [0.25, 0.3) is 10.9 Å². The van der Waals surface area contributed by atoms with Crippen molar-refractivity contribution in [2.75, 3.05) is 11.4 Å². The number of anilines is 1. The first-order valence-electron chi connectivity index (χ1n) is 8.99. The van der Waals surface area contributed by atoms with Gasteiger partial charge in [-0.1, -0.05) is 37.3 Å². The Labute approximate surface area is 158 Å². The third-order valence-corrected chi connectivity index (χ3v) is 4.50. The molecule has 0 fully saturated rings. The number of aromatic nitrogens is 1. The molecule has 2 N–H and O–H groups in total. The highest BCUT2D eigenvalue weighted by atomic mass is 16.5. The van der Waals surface area contributed by atoms with Crippen molar-refractivity contribution in [2.45, 2.75) is 26.3 Å². The van der Waals surface area contributed by atoms with Crippen LogP contribution in [-0.2, 0) is 22.6 Å². The van der Waals surface area contributed by atoms with Crippen molar-refractivity contribution in [1.82, 2.24) is 10.0 Å². The molecular formula is C21H23N3O3. The van der Waals surface area contributed by atoms with Gasteiger partial charge in [0.1, 0.15) is 6.54 Å². The maximum absolute atomic E-state index is 13.0. The van der Waals surface area contributed by atoms with Gasteiger partial charge in [-0.25, -0.2) is 5.48 Å². The predicted molar refractivity (Wildman–Crippen MR) is 105 cm³/mol. The molecule has 1 aromatic heterocycles. The molecule has 0 saturated carbocycles. The minimum absolute atomic E-state index is 0.0130. The summed E-state index contributed by atoms with van der Waals surface area (Å²) in [4.78, 5) is 26.3. The van der Waals surface area contributed by atoms with Crippen molar-refractivity contribution < 1.29 is 14.8 Å². The normalized spacial score (nSPS) is 10.7. The second-order valence-corrected chi connectivity index (χ2v) is 6.39. The number of nitrogens with zero attached hydrogens (tertiary/aromatic N) is 2. The lowest BCUT2D eigenvalue weighted by Crippen LogP contribution is -2.34. The molecule has 2 aromatic carbocycles. The first-order valence-corrected chi connectivity index (χ1v) is 8.99. The number of hydroxylamine groups is 1. The number of amides is 2. The molecule has 27 heavy (non-hydrogen) atoms. The summed E-state index contributed by atoms with van der Waals surface area (Å²) < 4.78 is 1.89. The lowest BCUT2D eigenvalue weighted by Gasteiger charge is -2.22. The van der Waals surface area contributed by atoms with Gasteiger partial charge in [0, 0.05) is 29.3 Å². The summed E-state index contributed by atoms with van der Waals surface area (Å²) in [5.41, 5.74) is 4.24. The molecule has 0 aliphatic carbocycles. The van der Waals surface area contributed by atoms with Gasteiger partial charge in [0.2, 0.25) is 11.8 Å². The fourth-order valence-electron chi connectivity index (χ4n) is 3.25. The second-order valence-electron chi connectivity index (χ2n) is 6.39. The molecule has 3 rings (SSSR count). The largest absolute Gasteiger partial charge is 0.338 e. The molecule has 3 aromatic rings. The Balaban J connectivity index is 1.86. The summed E-state index contributed by atoms with van der Waals surface area (Å²) in [7, 11) is 0. The van der Waals surface area contributed by atoms with Crippen LogP contribution in [0.15, 0.2) is 60.8 Å². The number of carbonyl (C=O) groups excluding carboxylic acids is 2. The van der Waals surface area contributed by atoms with Crippen LogP contribution < -0.4 is 10.4 Å². The van der Waals surface area contributed by atoms with E-state index < -0.39 is 5.91 Å². The number of fused-ring (bicyclic) bond motifs is 1. The zero-order valence-corrected chi connectivity index (χ0v) is 15.3. The van der Waals surface area contributed by atoms with Crippen LogP contribution in [0, 0.1) is 0 Å². The second kappa shape index (κ2) is 8.51. The van der Waals surface area contributed by atoms with Gasteiger partial charge in [-0.15, -0.1) is 0 Å². The van der Waals surface area contributed by atoms with Gasteiger partial charge in [0.05, 0.1) is 6.42 Å². The van der Waals surface area contributed by atoms with E-state index in [1.165, 1.54) is 0 Å². The zero-order valence-electron chi connectivity index (χ0n) is 15.3. The first-order chi connectivity index (χ1) is 13.1. The number of nitrogens with one attached hydrogen (secondary N) is 1. The van der Waals surface area contributed by atoms with Crippen molar-refractivity contribution in [3.8, 4) is 0 Å². The highest BCUT2D eigenvalue weighted by molar-refractivity contribution is 5.95. The molecule has 0 unspecified atom stereocenters. The number of rotatable bonds is 7. The fraction of sp³-hybridized carbons (Fsp3) is 0.238. The van der Waals surface area contributed by atoms with Crippen molar-refractivity contribution in [3.63, 3.8) is 0 Å². The fourth-order valence-corrected chi connectivity index (χ4v) is 3.25. The molecule has 6 nitrogen and oxygen atoms in total. The molecule has 140 valence electrons. The van der Waals surface area contributed by atoms with E-state index >= 15 is 0 Å². The van der Waals surface area contributed by atoms with Crippen molar-refractivity contribution in [2.24, 2.45) is 0 Å². The van der Waals surface area contributed by atoms with Crippen molar-refractivity contribution >= 4 is 28.4 Å². The smallest absolute Gasteiger partial charge is 0.247 e. The van der Waals surface area contributed by atoms with E-state index in [2.05, 4.69) is 0 Å². The maximum atomic E-state index is 13.0. The van der Waals surface area contributed by atoms with Gasteiger partial charge >= 0.3 is 0 Å². The highest BCUT2D eigenvalue weighted by Gasteiger charge is 2.17. The van der Waals surface area contributed by atoms with E-state index in [0.717, 1.165) is 28.6 Å². The lowest BCUT2D eigenvalue weighted by atomic mass is 10.1. The van der Waals surface area contributed by atoms with E-state index in [1.807, 2.05) is 72.3 Å². The molecule has 0 spiro atoms. The molecule has 0 atom stereocenters. The molecule has 0 aliphatic rings. The molecule has 0 aliphatic heterocycles. The monoisotopic (exact) mass is 365 g/mol. The third-order valence-electron chi connectivity index (χ3n) is 4.50. The number of hydrogen-bond donors (Lipinski definition) is 2. The van der Waals surface area contributed by atoms with Gasteiger partial charge in [-0.3, -0.25) is 14.8 Å². The van der Waals surface area contributed by atoms with Crippen molar-refractivity contribution in [1.29, 1.82) is 0 Å². The van der Waals surface area contributed by atoms with Gasteiger partial charge in [-0.2, -0.15) is 0 Å². The Morgan fingerprint density at radius 3 is 2.56 bits per heavy atom. The summed E-state index contributed by atoms with van der Waals surface area (Å²) in [5, 5.41) is 9.66. The summed E-state index contributed by atoms with van der Waals surface area (Å²) in [6.45, 7) is 2.92. The predicted octanol–water partition coefficient (Wildman–Crippen LogP) is 3.13. The molecule has 1 heterocycles. The maximum Gasteiger partial charge on any atom is 0.247 e. The molecular weight excluding hydrogens is 342 g/mol. The summed E-state index contributed by atoms with van der Waals surface area (Å²) >= 11 is 0. The van der Waals surface area contributed by atoms with Crippen LogP contribution in [0.2, 0.25) is 0 Å². The number of hydrogen-bond acceptors (Lipinski definition) is 3. The summed E-state index contributed by atoms with van der Waals surface area (Å²) in [5.74, 6) is -0.455. The Bertz CT molecular complexity index is 934. The molecule has 6 heteroatoms. The molecule has 2 amide bonds.